The Morgan fingerprint density at radius 1 is 1.46 bits per heavy atom. The molecule has 1 heterocycles. The summed E-state index contributed by atoms with van der Waals surface area (Å²) in [4.78, 5) is 2.36. The molecular weight excluding hydrogens is 168 g/mol. The Kier molecular flexibility index (Phi) is 4.66. The lowest BCUT2D eigenvalue weighted by Gasteiger charge is -2.33. The Morgan fingerprint density at radius 2 is 2.15 bits per heavy atom. The van der Waals surface area contributed by atoms with Crippen LogP contribution in [-0.2, 0) is 9.47 Å². The Labute approximate surface area is 80.2 Å². The minimum absolute atomic E-state index is 0.0923. The van der Waals surface area contributed by atoms with Gasteiger partial charge >= 0.3 is 0 Å². The normalized spacial score (nSPS) is 25.4. The zero-order valence-electron chi connectivity index (χ0n) is 8.75. The van der Waals surface area contributed by atoms with Crippen LogP contribution >= 0.6 is 0 Å². The number of methoxy groups -OCH3 is 2. The SMILES string of the molecule is COC(CN1CCN[C@@H](C)C1)OC. The number of piperazine rings is 1. The van der Waals surface area contributed by atoms with Crippen molar-refractivity contribution in [2.24, 2.45) is 0 Å². The third-order valence-electron chi connectivity index (χ3n) is 2.39. The van der Waals surface area contributed by atoms with Gasteiger partial charge in [0.1, 0.15) is 0 Å². The molecule has 13 heavy (non-hydrogen) atoms. The molecule has 0 aromatic rings. The summed E-state index contributed by atoms with van der Waals surface area (Å²) in [7, 11) is 3.36. The first-order valence-electron chi connectivity index (χ1n) is 4.77. The summed E-state index contributed by atoms with van der Waals surface area (Å²) in [6.45, 7) is 6.26. The van der Waals surface area contributed by atoms with E-state index in [2.05, 4.69) is 17.1 Å². The lowest BCUT2D eigenvalue weighted by molar-refractivity contribution is -0.118. The average molecular weight is 188 g/mol. The van der Waals surface area contributed by atoms with Crippen LogP contribution in [0.2, 0.25) is 0 Å². The predicted molar refractivity (Wildman–Crippen MR) is 51.7 cm³/mol. The molecule has 1 atom stereocenters. The summed E-state index contributed by atoms with van der Waals surface area (Å²) < 4.78 is 10.3. The highest BCUT2D eigenvalue weighted by Gasteiger charge is 2.18. The molecule has 4 nitrogen and oxygen atoms in total. The molecule has 0 radical (unpaired) electrons. The van der Waals surface area contributed by atoms with Crippen molar-refractivity contribution >= 4 is 0 Å². The fourth-order valence-corrected chi connectivity index (χ4v) is 1.63. The van der Waals surface area contributed by atoms with Gasteiger partial charge in [0.05, 0.1) is 0 Å². The van der Waals surface area contributed by atoms with Crippen LogP contribution in [0.15, 0.2) is 0 Å². The zero-order valence-corrected chi connectivity index (χ0v) is 8.75. The zero-order chi connectivity index (χ0) is 9.68. The fraction of sp³-hybridized carbons (Fsp3) is 1.00. The number of nitrogens with one attached hydrogen (secondary N) is 1. The van der Waals surface area contributed by atoms with Gasteiger partial charge in [0, 0.05) is 46.4 Å². The summed E-state index contributed by atoms with van der Waals surface area (Å²) in [6.07, 6.45) is -0.0923. The topological polar surface area (TPSA) is 33.7 Å². The molecule has 1 aliphatic rings. The minimum atomic E-state index is -0.0923. The number of ether oxygens (including phenoxy) is 2. The van der Waals surface area contributed by atoms with E-state index in [4.69, 9.17) is 9.47 Å². The largest absolute Gasteiger partial charge is 0.355 e. The molecule has 1 aliphatic heterocycles. The van der Waals surface area contributed by atoms with Gasteiger partial charge in [0.25, 0.3) is 0 Å². The lowest BCUT2D eigenvalue weighted by Crippen LogP contribution is -2.51. The van der Waals surface area contributed by atoms with E-state index in [-0.39, 0.29) is 6.29 Å². The van der Waals surface area contributed by atoms with Gasteiger partial charge in [-0.2, -0.15) is 0 Å². The minimum Gasteiger partial charge on any atom is -0.355 e. The Bertz CT molecular complexity index is 140. The molecule has 0 unspecified atom stereocenters. The highest BCUT2D eigenvalue weighted by atomic mass is 16.7. The third-order valence-corrected chi connectivity index (χ3v) is 2.39. The van der Waals surface area contributed by atoms with Gasteiger partial charge in [-0.05, 0) is 6.92 Å². The van der Waals surface area contributed by atoms with Crippen LogP contribution < -0.4 is 5.32 Å². The molecule has 0 aromatic heterocycles. The van der Waals surface area contributed by atoms with Gasteiger partial charge in [0.2, 0.25) is 0 Å². The maximum Gasteiger partial charge on any atom is 0.169 e. The standard InChI is InChI=1S/C9H20N2O2/c1-8-6-11(5-4-10-8)7-9(12-2)13-3/h8-10H,4-7H2,1-3H3/t8-/m0/s1. The summed E-state index contributed by atoms with van der Waals surface area (Å²) in [6, 6.07) is 0.572. The smallest absolute Gasteiger partial charge is 0.169 e. The van der Waals surface area contributed by atoms with E-state index in [1.807, 2.05) is 0 Å². The van der Waals surface area contributed by atoms with E-state index in [1.165, 1.54) is 0 Å². The first-order chi connectivity index (χ1) is 6.26. The second kappa shape index (κ2) is 5.54. The van der Waals surface area contributed by atoms with E-state index in [0.717, 1.165) is 26.2 Å². The summed E-state index contributed by atoms with van der Waals surface area (Å²) in [5, 5.41) is 3.40. The molecule has 0 aromatic carbocycles. The van der Waals surface area contributed by atoms with Crippen LogP contribution in [0.5, 0.6) is 0 Å². The highest BCUT2D eigenvalue weighted by molar-refractivity contribution is 4.75. The van der Waals surface area contributed by atoms with Gasteiger partial charge in [0.15, 0.2) is 6.29 Å². The molecule has 4 heteroatoms. The van der Waals surface area contributed by atoms with Crippen LogP contribution in [-0.4, -0.2) is 57.6 Å². The molecule has 0 spiro atoms. The maximum absolute atomic E-state index is 5.15. The predicted octanol–water partition coefficient (Wildman–Crippen LogP) is -0.101. The van der Waals surface area contributed by atoms with Crippen molar-refractivity contribution in [1.82, 2.24) is 10.2 Å². The van der Waals surface area contributed by atoms with Crippen molar-refractivity contribution < 1.29 is 9.47 Å². The van der Waals surface area contributed by atoms with E-state index >= 15 is 0 Å². The Morgan fingerprint density at radius 3 is 2.69 bits per heavy atom. The van der Waals surface area contributed by atoms with Gasteiger partial charge in [-0.3, -0.25) is 4.90 Å². The summed E-state index contributed by atoms with van der Waals surface area (Å²) in [5.74, 6) is 0. The molecule has 0 aliphatic carbocycles. The number of hydrogen-bond acceptors (Lipinski definition) is 4. The molecule has 0 saturated carbocycles. The Hall–Kier alpha value is -0.160. The van der Waals surface area contributed by atoms with Gasteiger partial charge in [-0.1, -0.05) is 0 Å². The number of hydrogen-bond donors (Lipinski definition) is 1. The first-order valence-corrected chi connectivity index (χ1v) is 4.77. The van der Waals surface area contributed by atoms with Crippen LogP contribution in [0.3, 0.4) is 0 Å². The quantitative estimate of drug-likeness (QED) is 0.625. The van der Waals surface area contributed by atoms with Crippen LogP contribution in [0, 0.1) is 0 Å². The van der Waals surface area contributed by atoms with Crippen molar-refractivity contribution in [3.05, 3.63) is 0 Å². The molecule has 0 bridgehead atoms. The molecule has 1 N–H and O–H groups in total. The molecule has 1 rings (SSSR count). The molecule has 1 saturated heterocycles. The second-order valence-electron chi connectivity index (χ2n) is 3.52. The average Bonchev–Trinajstić information content (AvgIpc) is 2.14. The van der Waals surface area contributed by atoms with Crippen LogP contribution in [0.25, 0.3) is 0 Å². The van der Waals surface area contributed by atoms with Gasteiger partial charge in [-0.15, -0.1) is 0 Å². The lowest BCUT2D eigenvalue weighted by atomic mass is 10.2. The van der Waals surface area contributed by atoms with Crippen molar-refractivity contribution in [2.75, 3.05) is 40.4 Å². The van der Waals surface area contributed by atoms with Crippen molar-refractivity contribution in [2.45, 2.75) is 19.3 Å². The van der Waals surface area contributed by atoms with E-state index in [0.29, 0.717) is 6.04 Å². The van der Waals surface area contributed by atoms with E-state index < -0.39 is 0 Å². The van der Waals surface area contributed by atoms with E-state index in [1.54, 1.807) is 14.2 Å². The van der Waals surface area contributed by atoms with Crippen LogP contribution in [0.1, 0.15) is 6.92 Å². The van der Waals surface area contributed by atoms with Gasteiger partial charge < -0.3 is 14.8 Å². The first kappa shape index (κ1) is 10.9. The molecule has 78 valence electrons. The fourth-order valence-electron chi connectivity index (χ4n) is 1.63. The second-order valence-corrected chi connectivity index (χ2v) is 3.52. The monoisotopic (exact) mass is 188 g/mol. The van der Waals surface area contributed by atoms with E-state index in [9.17, 15) is 0 Å². The highest BCUT2D eigenvalue weighted by Crippen LogP contribution is 2.01. The van der Waals surface area contributed by atoms with Crippen molar-refractivity contribution in [3.63, 3.8) is 0 Å². The maximum atomic E-state index is 5.15. The summed E-state index contributed by atoms with van der Waals surface area (Å²) in [5.41, 5.74) is 0. The van der Waals surface area contributed by atoms with Crippen molar-refractivity contribution in [3.8, 4) is 0 Å². The van der Waals surface area contributed by atoms with Gasteiger partial charge in [-0.25, -0.2) is 0 Å². The number of nitrogens with zero attached hydrogens (tertiary/aromatic N) is 1. The third kappa shape index (κ3) is 3.60. The number of rotatable bonds is 4. The molecule has 0 amide bonds. The summed E-state index contributed by atoms with van der Waals surface area (Å²) >= 11 is 0. The molecular formula is C9H20N2O2. The van der Waals surface area contributed by atoms with Crippen LogP contribution in [0.4, 0.5) is 0 Å². The van der Waals surface area contributed by atoms with Crippen molar-refractivity contribution in [1.29, 1.82) is 0 Å². The molecule has 1 fully saturated rings. The Balaban J connectivity index is 2.26.